The summed E-state index contributed by atoms with van der Waals surface area (Å²) in [4.78, 5) is 23.0. The molecule has 0 heterocycles. The summed E-state index contributed by atoms with van der Waals surface area (Å²) in [6.07, 6.45) is 1.000. The largest absolute Gasteiger partial charge is 0.352 e. The predicted octanol–water partition coefficient (Wildman–Crippen LogP) is 3.48. The Morgan fingerprint density at radius 3 is 2.70 bits per heavy atom. The van der Waals surface area contributed by atoms with Crippen LogP contribution in [-0.4, -0.2) is 23.1 Å². The van der Waals surface area contributed by atoms with Gasteiger partial charge in [0.25, 0.3) is 11.6 Å². The molecule has 110 valence electrons. The summed E-state index contributed by atoms with van der Waals surface area (Å²) in [6, 6.07) is 4.64. The van der Waals surface area contributed by atoms with Gasteiger partial charge in [-0.3, -0.25) is 14.9 Å². The topological polar surface area (TPSA) is 72.2 Å². The molecule has 0 saturated carbocycles. The van der Waals surface area contributed by atoms with E-state index >= 15 is 0 Å². The highest BCUT2D eigenvalue weighted by Gasteiger charge is 2.17. The standard InChI is InChI=1S/C14H20N2O3S/c1-4-15-14(17)11-5-6-13(12(9-11)16(18)19)20-8-7-10(2)3/h5-6,9-10H,4,7-8H2,1-3H3,(H,15,17). The SMILES string of the molecule is CCNC(=O)c1ccc(SCCC(C)C)c([N+](=O)[O-])c1. The number of carbonyl (C=O) groups is 1. The van der Waals surface area contributed by atoms with Gasteiger partial charge < -0.3 is 5.32 Å². The van der Waals surface area contributed by atoms with Crippen LogP contribution in [0.4, 0.5) is 5.69 Å². The first-order valence-electron chi connectivity index (χ1n) is 6.65. The number of carbonyl (C=O) groups excluding carboxylic acids is 1. The molecule has 0 radical (unpaired) electrons. The summed E-state index contributed by atoms with van der Waals surface area (Å²) in [5, 5.41) is 13.7. The van der Waals surface area contributed by atoms with Crippen molar-refractivity contribution in [2.24, 2.45) is 5.92 Å². The van der Waals surface area contributed by atoms with E-state index in [9.17, 15) is 14.9 Å². The summed E-state index contributed by atoms with van der Waals surface area (Å²) in [6.45, 7) is 6.54. The Labute approximate surface area is 123 Å². The van der Waals surface area contributed by atoms with Crippen LogP contribution in [0.15, 0.2) is 23.1 Å². The normalized spacial score (nSPS) is 10.6. The number of nitrogens with zero attached hydrogens (tertiary/aromatic N) is 1. The number of hydrogen-bond acceptors (Lipinski definition) is 4. The molecule has 5 nitrogen and oxygen atoms in total. The molecular weight excluding hydrogens is 276 g/mol. The first-order valence-corrected chi connectivity index (χ1v) is 7.63. The van der Waals surface area contributed by atoms with Crippen LogP contribution in [0.3, 0.4) is 0 Å². The molecule has 1 rings (SSSR count). The van der Waals surface area contributed by atoms with Gasteiger partial charge in [0, 0.05) is 18.2 Å². The van der Waals surface area contributed by atoms with Crippen LogP contribution in [0, 0.1) is 16.0 Å². The van der Waals surface area contributed by atoms with Crippen LogP contribution in [-0.2, 0) is 0 Å². The Morgan fingerprint density at radius 1 is 1.45 bits per heavy atom. The Kier molecular flexibility index (Phi) is 6.51. The molecule has 0 fully saturated rings. The highest BCUT2D eigenvalue weighted by Crippen LogP contribution is 2.31. The molecule has 0 atom stereocenters. The maximum atomic E-state index is 11.7. The quantitative estimate of drug-likeness (QED) is 0.475. The molecule has 1 aromatic rings. The highest BCUT2D eigenvalue weighted by molar-refractivity contribution is 7.99. The molecule has 6 heteroatoms. The van der Waals surface area contributed by atoms with Crippen LogP contribution in [0.25, 0.3) is 0 Å². The maximum Gasteiger partial charge on any atom is 0.283 e. The lowest BCUT2D eigenvalue weighted by atomic mass is 10.2. The maximum absolute atomic E-state index is 11.7. The number of nitro groups is 1. The van der Waals surface area contributed by atoms with Crippen molar-refractivity contribution in [3.05, 3.63) is 33.9 Å². The zero-order chi connectivity index (χ0) is 15.1. The van der Waals surface area contributed by atoms with Gasteiger partial charge in [0.15, 0.2) is 0 Å². The third-order valence-corrected chi connectivity index (χ3v) is 3.80. The van der Waals surface area contributed by atoms with Gasteiger partial charge in [-0.2, -0.15) is 0 Å². The molecule has 0 bridgehead atoms. The molecule has 0 aliphatic rings. The minimum atomic E-state index is -0.430. The van der Waals surface area contributed by atoms with Crippen molar-refractivity contribution in [1.29, 1.82) is 0 Å². The van der Waals surface area contributed by atoms with Gasteiger partial charge in [-0.05, 0) is 37.1 Å². The molecule has 20 heavy (non-hydrogen) atoms. The molecule has 0 aliphatic carbocycles. The lowest BCUT2D eigenvalue weighted by Crippen LogP contribution is -2.22. The van der Waals surface area contributed by atoms with E-state index < -0.39 is 4.92 Å². The monoisotopic (exact) mass is 296 g/mol. The Morgan fingerprint density at radius 2 is 2.15 bits per heavy atom. The molecule has 0 saturated heterocycles. The third kappa shape index (κ3) is 4.85. The van der Waals surface area contributed by atoms with Gasteiger partial charge in [0.1, 0.15) is 0 Å². The van der Waals surface area contributed by atoms with Gasteiger partial charge in [-0.15, -0.1) is 11.8 Å². The molecule has 1 N–H and O–H groups in total. The van der Waals surface area contributed by atoms with E-state index in [1.165, 1.54) is 17.8 Å². The van der Waals surface area contributed by atoms with Crippen molar-refractivity contribution >= 4 is 23.4 Å². The molecule has 0 spiro atoms. The van der Waals surface area contributed by atoms with Crippen LogP contribution in [0.1, 0.15) is 37.6 Å². The molecule has 0 aromatic heterocycles. The number of nitro benzene ring substituents is 1. The molecule has 1 amide bonds. The lowest BCUT2D eigenvalue weighted by Gasteiger charge is -2.07. The second-order valence-electron chi connectivity index (χ2n) is 4.83. The van der Waals surface area contributed by atoms with Crippen LogP contribution >= 0.6 is 11.8 Å². The Hall–Kier alpha value is -1.56. The van der Waals surface area contributed by atoms with Crippen LogP contribution in [0.2, 0.25) is 0 Å². The second-order valence-corrected chi connectivity index (χ2v) is 5.97. The molecule has 0 aliphatic heterocycles. The fourth-order valence-electron chi connectivity index (χ4n) is 1.59. The van der Waals surface area contributed by atoms with E-state index in [0.29, 0.717) is 22.9 Å². The van der Waals surface area contributed by atoms with Crippen molar-refractivity contribution in [3.63, 3.8) is 0 Å². The number of thioether (sulfide) groups is 1. The number of rotatable bonds is 7. The van der Waals surface area contributed by atoms with Crippen molar-refractivity contribution in [1.82, 2.24) is 5.32 Å². The number of amides is 1. The van der Waals surface area contributed by atoms with Crippen molar-refractivity contribution < 1.29 is 9.72 Å². The van der Waals surface area contributed by atoms with Crippen LogP contribution < -0.4 is 5.32 Å². The molecular formula is C14H20N2O3S. The zero-order valence-electron chi connectivity index (χ0n) is 12.0. The average Bonchev–Trinajstić information content (AvgIpc) is 2.38. The van der Waals surface area contributed by atoms with Gasteiger partial charge in [-0.1, -0.05) is 13.8 Å². The van der Waals surface area contributed by atoms with E-state index in [1.807, 2.05) is 6.92 Å². The Bertz CT molecular complexity index is 489. The summed E-state index contributed by atoms with van der Waals surface area (Å²) in [7, 11) is 0. The fourth-order valence-corrected chi connectivity index (χ4v) is 2.85. The minimum Gasteiger partial charge on any atom is -0.352 e. The van der Waals surface area contributed by atoms with Gasteiger partial charge in [-0.25, -0.2) is 0 Å². The summed E-state index contributed by atoms with van der Waals surface area (Å²) in [5.74, 6) is 1.12. The summed E-state index contributed by atoms with van der Waals surface area (Å²) < 4.78 is 0. The second kappa shape index (κ2) is 7.89. The van der Waals surface area contributed by atoms with Crippen molar-refractivity contribution in [2.75, 3.05) is 12.3 Å². The van der Waals surface area contributed by atoms with Gasteiger partial charge >= 0.3 is 0 Å². The van der Waals surface area contributed by atoms with E-state index in [4.69, 9.17) is 0 Å². The van der Waals surface area contributed by atoms with Gasteiger partial charge in [0.2, 0.25) is 0 Å². The van der Waals surface area contributed by atoms with Crippen molar-refractivity contribution in [3.8, 4) is 0 Å². The number of benzene rings is 1. The fraction of sp³-hybridized carbons (Fsp3) is 0.500. The zero-order valence-corrected chi connectivity index (χ0v) is 12.8. The number of hydrogen-bond donors (Lipinski definition) is 1. The van der Waals surface area contributed by atoms with E-state index in [0.717, 1.165) is 12.2 Å². The van der Waals surface area contributed by atoms with E-state index in [-0.39, 0.29) is 11.6 Å². The molecule has 0 unspecified atom stereocenters. The van der Waals surface area contributed by atoms with E-state index in [1.54, 1.807) is 12.1 Å². The van der Waals surface area contributed by atoms with Crippen molar-refractivity contribution in [2.45, 2.75) is 32.1 Å². The predicted molar refractivity (Wildman–Crippen MR) is 81.3 cm³/mol. The smallest absolute Gasteiger partial charge is 0.283 e. The summed E-state index contributed by atoms with van der Waals surface area (Å²) >= 11 is 1.46. The Balaban J connectivity index is 2.90. The minimum absolute atomic E-state index is 0.00232. The third-order valence-electron chi connectivity index (χ3n) is 2.71. The van der Waals surface area contributed by atoms with E-state index in [2.05, 4.69) is 19.2 Å². The number of nitrogens with one attached hydrogen (secondary N) is 1. The van der Waals surface area contributed by atoms with Gasteiger partial charge in [0.05, 0.1) is 9.82 Å². The highest BCUT2D eigenvalue weighted by atomic mass is 32.2. The molecule has 1 aromatic carbocycles. The first-order chi connectivity index (χ1) is 9.45. The van der Waals surface area contributed by atoms with Crippen LogP contribution in [0.5, 0.6) is 0 Å². The lowest BCUT2D eigenvalue weighted by molar-refractivity contribution is -0.387. The summed E-state index contributed by atoms with van der Waals surface area (Å²) in [5.41, 5.74) is 0.328. The first kappa shape index (κ1) is 16.5. The average molecular weight is 296 g/mol.